The molecule has 0 spiro atoms. The molecule has 0 bridgehead atoms. The second-order valence-corrected chi connectivity index (χ2v) is 5.03. The molecule has 1 aliphatic carbocycles. The van der Waals surface area contributed by atoms with Gasteiger partial charge in [0.25, 0.3) is 0 Å². The third-order valence-electron chi connectivity index (χ3n) is 2.46. The van der Waals surface area contributed by atoms with Crippen molar-refractivity contribution < 1.29 is 4.42 Å². The molecule has 0 amide bonds. The van der Waals surface area contributed by atoms with E-state index in [0.29, 0.717) is 0 Å². The minimum Gasteiger partial charge on any atom is -0.448 e. The van der Waals surface area contributed by atoms with Crippen molar-refractivity contribution in [2.75, 3.05) is 0 Å². The van der Waals surface area contributed by atoms with Crippen LogP contribution in [0.3, 0.4) is 0 Å². The van der Waals surface area contributed by atoms with Crippen molar-refractivity contribution in [1.82, 2.24) is 10.3 Å². The van der Waals surface area contributed by atoms with Crippen molar-refractivity contribution in [1.29, 1.82) is 0 Å². The largest absolute Gasteiger partial charge is 0.448 e. The molecule has 1 heterocycles. The SMILES string of the molecule is CC(C)(C)c1ocnc1CNC1CC1. The lowest BCUT2D eigenvalue weighted by molar-refractivity contribution is 0.401. The van der Waals surface area contributed by atoms with Crippen LogP contribution in [-0.4, -0.2) is 11.0 Å². The Hall–Kier alpha value is -0.830. The second-order valence-electron chi connectivity index (χ2n) is 5.03. The van der Waals surface area contributed by atoms with Gasteiger partial charge < -0.3 is 9.73 Å². The van der Waals surface area contributed by atoms with Gasteiger partial charge in [0.15, 0.2) is 6.39 Å². The van der Waals surface area contributed by atoms with Crippen molar-refractivity contribution in [3.63, 3.8) is 0 Å². The van der Waals surface area contributed by atoms with Crippen LogP contribution in [0.2, 0.25) is 0 Å². The van der Waals surface area contributed by atoms with Crippen LogP contribution in [-0.2, 0) is 12.0 Å². The van der Waals surface area contributed by atoms with E-state index in [2.05, 4.69) is 31.1 Å². The van der Waals surface area contributed by atoms with E-state index in [0.717, 1.165) is 24.0 Å². The number of hydrogen-bond acceptors (Lipinski definition) is 3. The maximum Gasteiger partial charge on any atom is 0.181 e. The monoisotopic (exact) mass is 194 g/mol. The Morgan fingerprint density at radius 2 is 2.21 bits per heavy atom. The van der Waals surface area contributed by atoms with Gasteiger partial charge in [0, 0.05) is 18.0 Å². The number of oxazole rings is 1. The highest BCUT2D eigenvalue weighted by molar-refractivity contribution is 5.16. The maximum absolute atomic E-state index is 5.43. The van der Waals surface area contributed by atoms with E-state index < -0.39 is 0 Å². The minimum atomic E-state index is 0.0526. The highest BCUT2D eigenvalue weighted by Gasteiger charge is 2.25. The molecule has 0 aliphatic heterocycles. The molecule has 0 unspecified atom stereocenters. The van der Waals surface area contributed by atoms with Gasteiger partial charge in [-0.15, -0.1) is 0 Å². The molecule has 14 heavy (non-hydrogen) atoms. The summed E-state index contributed by atoms with van der Waals surface area (Å²) in [4.78, 5) is 4.25. The third kappa shape index (κ3) is 2.15. The fraction of sp³-hybridized carbons (Fsp3) is 0.727. The molecule has 1 aliphatic rings. The van der Waals surface area contributed by atoms with Crippen LogP contribution in [0.25, 0.3) is 0 Å². The molecule has 0 aromatic carbocycles. The molecule has 0 atom stereocenters. The Balaban J connectivity index is 2.04. The molecule has 1 saturated carbocycles. The Morgan fingerprint density at radius 1 is 1.50 bits per heavy atom. The zero-order chi connectivity index (χ0) is 10.2. The molecule has 3 heteroatoms. The summed E-state index contributed by atoms with van der Waals surface area (Å²) in [6, 6.07) is 0.722. The normalized spacial score (nSPS) is 17.4. The topological polar surface area (TPSA) is 38.1 Å². The van der Waals surface area contributed by atoms with Crippen LogP contribution >= 0.6 is 0 Å². The first-order valence-corrected chi connectivity index (χ1v) is 5.23. The summed E-state index contributed by atoms with van der Waals surface area (Å²) >= 11 is 0. The average Bonchev–Trinajstić information content (AvgIpc) is 2.77. The Labute approximate surface area is 84.9 Å². The fourth-order valence-electron chi connectivity index (χ4n) is 1.53. The predicted molar refractivity (Wildman–Crippen MR) is 55.1 cm³/mol. The van der Waals surface area contributed by atoms with Gasteiger partial charge in [-0.25, -0.2) is 4.98 Å². The van der Waals surface area contributed by atoms with Crippen LogP contribution in [0.15, 0.2) is 10.8 Å². The number of rotatable bonds is 3. The zero-order valence-corrected chi connectivity index (χ0v) is 9.13. The first-order valence-electron chi connectivity index (χ1n) is 5.23. The summed E-state index contributed by atoms with van der Waals surface area (Å²) in [6.07, 6.45) is 4.16. The first kappa shape index (κ1) is 9.71. The maximum atomic E-state index is 5.43. The van der Waals surface area contributed by atoms with Crippen molar-refractivity contribution in [2.45, 2.75) is 51.6 Å². The Bertz CT molecular complexity index is 307. The van der Waals surface area contributed by atoms with Crippen molar-refractivity contribution in [2.24, 2.45) is 0 Å². The summed E-state index contributed by atoms with van der Waals surface area (Å²) in [5.41, 5.74) is 1.11. The van der Waals surface area contributed by atoms with Crippen molar-refractivity contribution >= 4 is 0 Å². The zero-order valence-electron chi connectivity index (χ0n) is 9.13. The van der Waals surface area contributed by atoms with Gasteiger partial charge >= 0.3 is 0 Å². The van der Waals surface area contributed by atoms with Crippen molar-refractivity contribution in [3.05, 3.63) is 17.8 Å². The lowest BCUT2D eigenvalue weighted by Gasteiger charge is -2.16. The predicted octanol–water partition coefficient (Wildman–Crippen LogP) is 2.22. The number of aromatic nitrogens is 1. The van der Waals surface area contributed by atoms with Gasteiger partial charge in [0.05, 0.1) is 5.69 Å². The van der Waals surface area contributed by atoms with E-state index in [-0.39, 0.29) is 5.41 Å². The lowest BCUT2D eigenvalue weighted by Crippen LogP contribution is -2.20. The van der Waals surface area contributed by atoms with Crippen LogP contribution in [0, 0.1) is 0 Å². The molecular formula is C11H18N2O. The van der Waals surface area contributed by atoms with Crippen molar-refractivity contribution in [3.8, 4) is 0 Å². The van der Waals surface area contributed by atoms with Gasteiger partial charge in [0.2, 0.25) is 0 Å². The summed E-state index contributed by atoms with van der Waals surface area (Å²) in [5.74, 6) is 1.01. The molecule has 1 N–H and O–H groups in total. The van der Waals surface area contributed by atoms with Gasteiger partial charge in [-0.05, 0) is 12.8 Å². The molecule has 1 fully saturated rings. The molecule has 0 saturated heterocycles. The molecule has 2 rings (SSSR count). The van der Waals surface area contributed by atoms with E-state index in [9.17, 15) is 0 Å². The molecule has 1 aromatic heterocycles. The van der Waals surface area contributed by atoms with Gasteiger partial charge in [-0.2, -0.15) is 0 Å². The van der Waals surface area contributed by atoms with Gasteiger partial charge in [-0.3, -0.25) is 0 Å². The fourth-order valence-corrected chi connectivity index (χ4v) is 1.53. The smallest absolute Gasteiger partial charge is 0.181 e. The average molecular weight is 194 g/mol. The Morgan fingerprint density at radius 3 is 2.79 bits per heavy atom. The van der Waals surface area contributed by atoms with E-state index in [4.69, 9.17) is 4.42 Å². The molecule has 1 aromatic rings. The molecule has 3 nitrogen and oxygen atoms in total. The molecule has 78 valence electrons. The number of hydrogen-bond donors (Lipinski definition) is 1. The van der Waals surface area contributed by atoms with Gasteiger partial charge in [-0.1, -0.05) is 20.8 Å². The van der Waals surface area contributed by atoms with E-state index in [1.807, 2.05) is 0 Å². The van der Waals surface area contributed by atoms with Gasteiger partial charge in [0.1, 0.15) is 5.76 Å². The summed E-state index contributed by atoms with van der Waals surface area (Å²) in [7, 11) is 0. The van der Waals surface area contributed by atoms with E-state index in [1.165, 1.54) is 12.8 Å². The highest BCUT2D eigenvalue weighted by Crippen LogP contribution is 2.26. The minimum absolute atomic E-state index is 0.0526. The van der Waals surface area contributed by atoms with Crippen LogP contribution < -0.4 is 5.32 Å². The van der Waals surface area contributed by atoms with E-state index >= 15 is 0 Å². The standard InChI is InChI=1S/C11H18N2O/c1-11(2,3)10-9(13-7-14-10)6-12-8-4-5-8/h7-8,12H,4-6H2,1-3H3. The first-order chi connectivity index (χ1) is 6.57. The van der Waals surface area contributed by atoms with Crippen LogP contribution in [0.4, 0.5) is 0 Å². The van der Waals surface area contributed by atoms with Crippen LogP contribution in [0.5, 0.6) is 0 Å². The molecular weight excluding hydrogens is 176 g/mol. The quantitative estimate of drug-likeness (QED) is 0.801. The molecule has 0 radical (unpaired) electrons. The summed E-state index contributed by atoms with van der Waals surface area (Å²) < 4.78 is 5.43. The summed E-state index contributed by atoms with van der Waals surface area (Å²) in [6.45, 7) is 7.28. The second kappa shape index (κ2) is 3.39. The number of nitrogens with zero attached hydrogens (tertiary/aromatic N) is 1. The highest BCUT2D eigenvalue weighted by atomic mass is 16.3. The Kier molecular flexibility index (Phi) is 2.35. The number of nitrogens with one attached hydrogen (secondary N) is 1. The summed E-state index contributed by atoms with van der Waals surface area (Å²) in [5, 5.41) is 3.45. The third-order valence-corrected chi connectivity index (χ3v) is 2.46. The van der Waals surface area contributed by atoms with Crippen LogP contribution in [0.1, 0.15) is 45.1 Å². The van der Waals surface area contributed by atoms with E-state index in [1.54, 1.807) is 6.39 Å². The lowest BCUT2D eigenvalue weighted by atomic mass is 9.92.